The predicted molar refractivity (Wildman–Crippen MR) is 104 cm³/mol. The average molecular weight is 828 g/mol. The second-order valence-electron chi connectivity index (χ2n) is 3.38. The third-order valence-electron chi connectivity index (χ3n) is 0.606. The third kappa shape index (κ3) is 82.8. The van der Waals surface area contributed by atoms with E-state index in [2.05, 4.69) is 8.62 Å². The summed E-state index contributed by atoms with van der Waals surface area (Å²) >= 11 is 0. The molecular formula is C10H34O10P4Pt2. The zero-order valence-electron chi connectivity index (χ0n) is 16.7. The first-order valence-corrected chi connectivity index (χ1v) is 12.1. The molecule has 0 aromatic heterocycles. The van der Waals surface area contributed by atoms with Crippen LogP contribution >= 0.6 is 30.4 Å². The average Bonchev–Trinajstić information content (AvgIpc) is 1.64. The summed E-state index contributed by atoms with van der Waals surface area (Å²) in [6.45, 7) is 3.39. The molecule has 26 heavy (non-hydrogen) atoms. The van der Waals surface area contributed by atoms with Crippen molar-refractivity contribution in [1.82, 2.24) is 0 Å². The molecule has 16 heteroatoms. The molecule has 0 spiro atoms. The van der Waals surface area contributed by atoms with Crippen LogP contribution < -0.4 is 0 Å². The van der Waals surface area contributed by atoms with Crippen molar-refractivity contribution in [3.05, 3.63) is 44.6 Å². The van der Waals surface area contributed by atoms with E-state index in [0.29, 0.717) is 0 Å². The van der Waals surface area contributed by atoms with Gasteiger partial charge < -0.3 is 64.1 Å². The Morgan fingerprint density at radius 1 is 0.500 bits per heavy atom. The molecule has 0 fully saturated rings. The summed E-state index contributed by atoms with van der Waals surface area (Å²) < 4.78 is 48.6. The van der Waals surface area contributed by atoms with Gasteiger partial charge >= 0.3 is 72.5 Å². The molecule has 4 unspecified atom stereocenters. The van der Waals surface area contributed by atoms with Crippen LogP contribution in [0.3, 0.4) is 0 Å². The van der Waals surface area contributed by atoms with Crippen LogP contribution in [0.15, 0.2) is 0 Å². The Balaban J connectivity index is -0.0000000188. The molecular weight excluding hydrogens is 794 g/mol. The van der Waals surface area contributed by atoms with Crippen LogP contribution in [0.25, 0.3) is 0 Å². The van der Waals surface area contributed by atoms with Gasteiger partial charge in [0.15, 0.2) is 0 Å². The van der Waals surface area contributed by atoms with Gasteiger partial charge in [0.25, 0.3) is 0 Å². The SMILES string of the molecule is CP(=O)(O)OP(C)(=O)O.CP(=O)(O)OP(C)(=O)O.[CH3-].[CH3-].[CH3-].[CH3-].[CH3-].[CH3-].[Pt+2].[Pt+4]. The van der Waals surface area contributed by atoms with E-state index in [-0.39, 0.29) is 86.7 Å². The minimum Gasteiger partial charge on any atom is -0.358 e. The molecule has 0 aliphatic rings. The summed E-state index contributed by atoms with van der Waals surface area (Å²) in [6, 6.07) is 0. The standard InChI is InChI=1S/2C2H8O5P2.6CH3.2Pt/c2*1-8(3,4)7-9(2,5)6;;;;;;;;/h2*1-2H3,(H,3,4)(H,5,6);6*1H3;;/q;;6*-1;+2;+4. The molecule has 10 nitrogen and oxygen atoms in total. The predicted octanol–water partition coefficient (Wildman–Crippen LogP) is 3.96. The maximum absolute atomic E-state index is 10.2. The van der Waals surface area contributed by atoms with Crippen LogP contribution in [0.4, 0.5) is 0 Å². The van der Waals surface area contributed by atoms with Gasteiger partial charge in [-0.1, -0.05) is 0 Å². The number of hydrogen-bond donors (Lipinski definition) is 4. The Morgan fingerprint density at radius 3 is 0.577 bits per heavy atom. The van der Waals surface area contributed by atoms with Crippen molar-refractivity contribution in [3.63, 3.8) is 0 Å². The monoisotopic (exact) mass is 828 g/mol. The van der Waals surface area contributed by atoms with Gasteiger partial charge in [-0.25, -0.2) is 8.62 Å². The smallest absolute Gasteiger partial charge is 0.358 e. The minimum atomic E-state index is -3.80. The van der Waals surface area contributed by atoms with Crippen LogP contribution in [-0.4, -0.2) is 46.2 Å². The van der Waals surface area contributed by atoms with Crippen molar-refractivity contribution in [2.45, 2.75) is 0 Å². The largest absolute Gasteiger partial charge is 4.00 e. The van der Waals surface area contributed by atoms with E-state index in [9.17, 15) is 18.3 Å². The van der Waals surface area contributed by atoms with Crippen LogP contribution in [0, 0.1) is 44.6 Å². The molecule has 4 N–H and O–H groups in total. The van der Waals surface area contributed by atoms with Gasteiger partial charge in [-0.3, -0.25) is 18.3 Å². The van der Waals surface area contributed by atoms with Crippen LogP contribution in [-0.2, 0) is 69.0 Å². The van der Waals surface area contributed by atoms with Crippen molar-refractivity contribution < 1.29 is 88.6 Å². The Morgan fingerprint density at radius 2 is 0.577 bits per heavy atom. The molecule has 0 aromatic carbocycles. The van der Waals surface area contributed by atoms with Gasteiger partial charge in [-0.05, 0) is 0 Å². The normalized spacial score (nSPS) is 16.9. The van der Waals surface area contributed by atoms with E-state index in [1.807, 2.05) is 0 Å². The first-order valence-electron chi connectivity index (χ1n) is 4.05. The molecule has 0 heterocycles. The van der Waals surface area contributed by atoms with Gasteiger partial charge in [0, 0.05) is 26.7 Å². The zero-order chi connectivity index (χ0) is 15.4. The molecule has 0 aromatic rings. The molecule has 0 amide bonds. The fraction of sp³-hybridized carbons (Fsp3) is 0.400. The van der Waals surface area contributed by atoms with Crippen molar-refractivity contribution >= 4 is 30.4 Å². The summed E-state index contributed by atoms with van der Waals surface area (Å²) in [5.74, 6) is 0. The van der Waals surface area contributed by atoms with E-state index >= 15 is 0 Å². The van der Waals surface area contributed by atoms with Crippen molar-refractivity contribution in [2.75, 3.05) is 26.7 Å². The summed E-state index contributed by atoms with van der Waals surface area (Å²) in [4.78, 5) is 33.4. The van der Waals surface area contributed by atoms with E-state index in [0.717, 1.165) is 26.7 Å². The van der Waals surface area contributed by atoms with Crippen molar-refractivity contribution in [1.29, 1.82) is 0 Å². The maximum atomic E-state index is 10.2. The van der Waals surface area contributed by atoms with Crippen LogP contribution in [0.2, 0.25) is 0 Å². The van der Waals surface area contributed by atoms with Gasteiger partial charge in [0.1, 0.15) is 0 Å². The minimum absolute atomic E-state index is 0. The topological polar surface area (TPSA) is 168 Å². The van der Waals surface area contributed by atoms with Crippen molar-refractivity contribution in [3.8, 4) is 0 Å². The Labute approximate surface area is 189 Å². The summed E-state index contributed by atoms with van der Waals surface area (Å²) in [5, 5.41) is 0. The molecule has 0 aliphatic carbocycles. The molecule has 4 atom stereocenters. The fourth-order valence-corrected chi connectivity index (χ4v) is 5.06. The summed E-state index contributed by atoms with van der Waals surface area (Å²) in [5.41, 5.74) is 0. The fourth-order valence-electron chi connectivity index (χ4n) is 0.562. The Kier molecular flexibility index (Phi) is 56.5. The van der Waals surface area contributed by atoms with Crippen LogP contribution in [0.5, 0.6) is 0 Å². The molecule has 0 rings (SSSR count). The molecule has 0 saturated carbocycles. The molecule has 0 saturated heterocycles. The molecule has 0 bridgehead atoms. The quantitative estimate of drug-likeness (QED) is 0.241. The van der Waals surface area contributed by atoms with Gasteiger partial charge in [0.2, 0.25) is 0 Å². The second-order valence-corrected chi connectivity index (χ2v) is 11.1. The summed E-state index contributed by atoms with van der Waals surface area (Å²) in [6.07, 6.45) is 0. The second kappa shape index (κ2) is 23.3. The maximum Gasteiger partial charge on any atom is 4.00 e. The number of rotatable bonds is 4. The summed E-state index contributed by atoms with van der Waals surface area (Å²) in [7, 11) is -15.2. The molecule has 174 valence electrons. The van der Waals surface area contributed by atoms with E-state index in [1.165, 1.54) is 0 Å². The Hall–Kier alpha value is 2.06. The van der Waals surface area contributed by atoms with E-state index < -0.39 is 30.4 Å². The van der Waals surface area contributed by atoms with E-state index in [1.54, 1.807) is 0 Å². The van der Waals surface area contributed by atoms with Gasteiger partial charge in [0.05, 0.1) is 0 Å². The van der Waals surface area contributed by atoms with Crippen LogP contribution in [0.1, 0.15) is 0 Å². The Bertz CT molecular complexity index is 369. The van der Waals surface area contributed by atoms with Crippen molar-refractivity contribution in [2.24, 2.45) is 0 Å². The molecule has 0 radical (unpaired) electrons. The first-order chi connectivity index (χ1) is 7.41. The van der Waals surface area contributed by atoms with Gasteiger partial charge in [-0.2, -0.15) is 0 Å². The third-order valence-corrected chi connectivity index (χ3v) is 5.45. The first kappa shape index (κ1) is 63.0. The number of hydrogen-bond acceptors (Lipinski definition) is 6. The van der Waals surface area contributed by atoms with Gasteiger partial charge in [-0.15, -0.1) is 0 Å². The zero-order valence-corrected chi connectivity index (χ0v) is 24.8. The molecule has 0 aliphatic heterocycles. The van der Waals surface area contributed by atoms with E-state index in [4.69, 9.17) is 19.6 Å².